The standard InChI is InChI=1S/C25H27N3O4/c1-14-15(2)24(27-20(12-26)23(14)25(29)30-3)28-8-6-22(19-11-21(19)28)32-18-5-4-17-13-31-9-7-16(17)10-18/h4-5,10,19,21-22H,6-9,11,13H2,1-3H3. The van der Waals surface area contributed by atoms with Crippen LogP contribution in [0.25, 0.3) is 0 Å². The number of benzene rings is 1. The molecule has 32 heavy (non-hydrogen) atoms. The Labute approximate surface area is 187 Å². The van der Waals surface area contributed by atoms with E-state index in [9.17, 15) is 10.1 Å². The van der Waals surface area contributed by atoms with Crippen LogP contribution in [0.15, 0.2) is 18.2 Å². The lowest BCUT2D eigenvalue weighted by Crippen LogP contribution is -2.41. The summed E-state index contributed by atoms with van der Waals surface area (Å²) in [4.78, 5) is 19.1. The summed E-state index contributed by atoms with van der Waals surface area (Å²) < 4.78 is 16.8. The van der Waals surface area contributed by atoms with Crippen molar-refractivity contribution in [2.75, 3.05) is 25.2 Å². The Balaban J connectivity index is 1.34. The number of hydrogen-bond donors (Lipinski definition) is 0. The summed E-state index contributed by atoms with van der Waals surface area (Å²) in [5.74, 6) is 1.66. The molecule has 7 nitrogen and oxygen atoms in total. The number of aromatic nitrogens is 1. The number of esters is 1. The van der Waals surface area contributed by atoms with Crippen LogP contribution in [0.3, 0.4) is 0 Å². The zero-order valence-electron chi connectivity index (χ0n) is 18.7. The highest BCUT2D eigenvalue weighted by molar-refractivity contribution is 5.94. The first-order valence-corrected chi connectivity index (χ1v) is 11.1. The van der Waals surface area contributed by atoms with Crippen molar-refractivity contribution in [1.82, 2.24) is 4.98 Å². The average molecular weight is 434 g/mol. The molecule has 3 aliphatic rings. The Hall–Kier alpha value is -3.11. The molecule has 3 unspecified atom stereocenters. The van der Waals surface area contributed by atoms with Crippen LogP contribution in [0, 0.1) is 31.1 Å². The predicted octanol–water partition coefficient (Wildman–Crippen LogP) is 3.48. The van der Waals surface area contributed by atoms with Gasteiger partial charge in [-0.25, -0.2) is 9.78 Å². The third kappa shape index (κ3) is 3.49. The topological polar surface area (TPSA) is 84.7 Å². The number of hydrogen-bond acceptors (Lipinski definition) is 7. The lowest BCUT2D eigenvalue weighted by atomic mass is 10.0. The van der Waals surface area contributed by atoms with Gasteiger partial charge in [0, 0.05) is 24.9 Å². The van der Waals surface area contributed by atoms with Crippen molar-refractivity contribution < 1.29 is 19.0 Å². The largest absolute Gasteiger partial charge is 0.490 e. The summed E-state index contributed by atoms with van der Waals surface area (Å²) >= 11 is 0. The number of piperidine rings is 1. The van der Waals surface area contributed by atoms with E-state index in [1.54, 1.807) is 0 Å². The van der Waals surface area contributed by atoms with Crippen molar-refractivity contribution in [2.45, 2.75) is 51.9 Å². The van der Waals surface area contributed by atoms with E-state index >= 15 is 0 Å². The van der Waals surface area contributed by atoms with Gasteiger partial charge < -0.3 is 19.1 Å². The molecule has 166 valence electrons. The van der Waals surface area contributed by atoms with Gasteiger partial charge in [-0.2, -0.15) is 5.26 Å². The molecule has 0 radical (unpaired) electrons. The van der Waals surface area contributed by atoms with Crippen LogP contribution >= 0.6 is 0 Å². The molecule has 5 rings (SSSR count). The molecule has 2 aromatic rings. The molecule has 0 bridgehead atoms. The van der Waals surface area contributed by atoms with Gasteiger partial charge in [-0.15, -0.1) is 0 Å². The Morgan fingerprint density at radius 2 is 2.12 bits per heavy atom. The number of ether oxygens (including phenoxy) is 3. The number of rotatable bonds is 4. The van der Waals surface area contributed by atoms with Crippen molar-refractivity contribution in [3.8, 4) is 11.8 Å². The first-order valence-electron chi connectivity index (χ1n) is 11.1. The van der Waals surface area contributed by atoms with E-state index in [0.29, 0.717) is 18.6 Å². The molecule has 3 atom stereocenters. The summed E-state index contributed by atoms with van der Waals surface area (Å²) in [5, 5.41) is 9.60. The zero-order chi connectivity index (χ0) is 22.4. The van der Waals surface area contributed by atoms with Crippen molar-refractivity contribution in [3.05, 3.63) is 51.7 Å². The Morgan fingerprint density at radius 3 is 2.91 bits per heavy atom. The van der Waals surface area contributed by atoms with Gasteiger partial charge >= 0.3 is 5.97 Å². The molecule has 1 aliphatic carbocycles. The summed E-state index contributed by atoms with van der Waals surface area (Å²) in [6.07, 6.45) is 3.05. The molecule has 1 saturated carbocycles. The maximum absolute atomic E-state index is 12.2. The van der Waals surface area contributed by atoms with Gasteiger partial charge in [-0.3, -0.25) is 0 Å². The Bertz CT molecular complexity index is 1120. The summed E-state index contributed by atoms with van der Waals surface area (Å²) in [5.41, 5.74) is 4.65. The lowest BCUT2D eigenvalue weighted by Gasteiger charge is -2.34. The second-order valence-corrected chi connectivity index (χ2v) is 8.85. The van der Waals surface area contributed by atoms with Gasteiger partial charge in [0.15, 0.2) is 5.69 Å². The average Bonchev–Trinajstić information content (AvgIpc) is 3.62. The molecule has 2 aliphatic heterocycles. The number of anilines is 1. The van der Waals surface area contributed by atoms with E-state index in [0.717, 1.165) is 55.1 Å². The number of nitrogens with zero attached hydrogens (tertiary/aromatic N) is 3. The fraction of sp³-hybridized carbons (Fsp3) is 0.480. The number of fused-ring (bicyclic) bond motifs is 2. The van der Waals surface area contributed by atoms with E-state index in [1.165, 1.54) is 18.2 Å². The van der Waals surface area contributed by atoms with Crippen LogP contribution in [0.4, 0.5) is 5.82 Å². The van der Waals surface area contributed by atoms with E-state index in [1.807, 2.05) is 13.8 Å². The molecule has 0 N–H and O–H groups in total. The molecule has 1 saturated heterocycles. The van der Waals surface area contributed by atoms with Gasteiger partial charge in [0.05, 0.1) is 25.9 Å². The Kier molecular flexibility index (Phi) is 5.26. The monoisotopic (exact) mass is 433 g/mol. The van der Waals surface area contributed by atoms with Crippen molar-refractivity contribution in [2.24, 2.45) is 5.92 Å². The first-order chi connectivity index (χ1) is 15.5. The molecular formula is C25H27N3O4. The quantitative estimate of drug-likeness (QED) is 0.683. The number of nitriles is 1. The van der Waals surface area contributed by atoms with Crippen LogP contribution < -0.4 is 9.64 Å². The van der Waals surface area contributed by atoms with Crippen molar-refractivity contribution in [1.29, 1.82) is 5.26 Å². The molecule has 1 aromatic carbocycles. The van der Waals surface area contributed by atoms with E-state index in [-0.39, 0.29) is 17.4 Å². The van der Waals surface area contributed by atoms with Gasteiger partial charge in [-0.05, 0) is 61.1 Å². The highest BCUT2D eigenvalue weighted by Crippen LogP contribution is 2.47. The molecular weight excluding hydrogens is 406 g/mol. The highest BCUT2D eigenvalue weighted by Gasteiger charge is 2.52. The van der Waals surface area contributed by atoms with Gasteiger partial charge in [-0.1, -0.05) is 6.07 Å². The van der Waals surface area contributed by atoms with Gasteiger partial charge in [0.1, 0.15) is 23.7 Å². The SMILES string of the molecule is COC(=O)c1c(C#N)nc(N2CCC(Oc3ccc4c(c3)CCOC4)C3CC32)c(C)c1C. The van der Waals surface area contributed by atoms with Gasteiger partial charge in [0.2, 0.25) is 0 Å². The minimum absolute atomic E-state index is 0.128. The lowest BCUT2D eigenvalue weighted by molar-refractivity contribution is 0.0599. The molecule has 1 aromatic heterocycles. The maximum atomic E-state index is 12.2. The minimum Gasteiger partial charge on any atom is -0.490 e. The summed E-state index contributed by atoms with van der Waals surface area (Å²) in [6.45, 7) is 6.08. The normalized spacial score (nSPS) is 23.6. The van der Waals surface area contributed by atoms with Crippen LogP contribution in [0.2, 0.25) is 0 Å². The number of methoxy groups -OCH3 is 1. The fourth-order valence-electron chi connectivity index (χ4n) is 5.09. The van der Waals surface area contributed by atoms with E-state index < -0.39 is 5.97 Å². The number of carbonyl (C=O) groups is 1. The smallest absolute Gasteiger partial charge is 0.341 e. The Morgan fingerprint density at radius 1 is 1.28 bits per heavy atom. The third-order valence-electron chi connectivity index (χ3n) is 7.07. The van der Waals surface area contributed by atoms with Crippen LogP contribution in [-0.2, 0) is 22.5 Å². The summed E-state index contributed by atoms with van der Waals surface area (Å²) in [7, 11) is 1.32. The third-order valence-corrected chi connectivity index (χ3v) is 7.07. The van der Waals surface area contributed by atoms with Gasteiger partial charge in [0.25, 0.3) is 0 Å². The molecule has 0 spiro atoms. The van der Waals surface area contributed by atoms with Crippen LogP contribution in [0.5, 0.6) is 5.75 Å². The minimum atomic E-state index is -0.519. The number of carbonyl (C=O) groups excluding carboxylic acids is 1. The molecule has 7 heteroatoms. The summed E-state index contributed by atoms with van der Waals surface area (Å²) in [6, 6.07) is 8.77. The first kappa shape index (κ1) is 20.8. The molecule has 2 fully saturated rings. The predicted molar refractivity (Wildman–Crippen MR) is 118 cm³/mol. The van der Waals surface area contributed by atoms with Crippen LogP contribution in [0.1, 0.15) is 51.1 Å². The van der Waals surface area contributed by atoms with Crippen molar-refractivity contribution in [3.63, 3.8) is 0 Å². The van der Waals surface area contributed by atoms with E-state index in [2.05, 4.69) is 34.2 Å². The molecule has 3 heterocycles. The van der Waals surface area contributed by atoms with E-state index in [4.69, 9.17) is 14.2 Å². The van der Waals surface area contributed by atoms with Crippen LogP contribution in [-0.4, -0.2) is 43.4 Å². The fourth-order valence-corrected chi connectivity index (χ4v) is 5.09. The maximum Gasteiger partial charge on any atom is 0.341 e. The highest BCUT2D eigenvalue weighted by atomic mass is 16.5. The zero-order valence-corrected chi connectivity index (χ0v) is 18.7. The molecule has 0 amide bonds. The second-order valence-electron chi connectivity index (χ2n) is 8.85. The number of pyridine rings is 1. The second kappa shape index (κ2) is 8.10. The van der Waals surface area contributed by atoms with Crippen molar-refractivity contribution >= 4 is 11.8 Å².